The Kier molecular flexibility index (Phi) is 6.92. The molecule has 0 radical (unpaired) electrons. The van der Waals surface area contributed by atoms with E-state index in [0.717, 1.165) is 26.2 Å². The molecule has 0 aliphatic carbocycles. The minimum absolute atomic E-state index is 0.652. The van der Waals surface area contributed by atoms with Crippen LogP contribution in [0.4, 0.5) is 0 Å². The van der Waals surface area contributed by atoms with Gasteiger partial charge in [-0.1, -0.05) is 0 Å². The summed E-state index contributed by atoms with van der Waals surface area (Å²) in [5.74, 6) is 0. The van der Waals surface area contributed by atoms with Gasteiger partial charge in [0.2, 0.25) is 0 Å². The van der Waals surface area contributed by atoms with E-state index in [0.29, 0.717) is 10.2 Å². The van der Waals surface area contributed by atoms with Crippen LogP contribution in [-0.4, -0.2) is 84.4 Å². The molecule has 1 N–H and O–H groups in total. The summed E-state index contributed by atoms with van der Waals surface area (Å²) >= 11 is 10.8. The van der Waals surface area contributed by atoms with Crippen molar-refractivity contribution in [2.24, 2.45) is 0 Å². The molecule has 110 valence electrons. The van der Waals surface area contributed by atoms with E-state index in [4.69, 9.17) is 24.4 Å². The smallest absolute Gasteiger partial charge is 0.189 e. The maximum atomic E-state index is 5.50. The van der Waals surface area contributed by atoms with Gasteiger partial charge in [0.15, 0.2) is 10.2 Å². The number of hydrogen-bond acceptors (Lipinski definition) is 4. The molecule has 0 atom stereocenters. The molecule has 1 fully saturated rings. The first kappa shape index (κ1) is 16.6. The van der Waals surface area contributed by atoms with E-state index in [1.807, 2.05) is 19.0 Å². The maximum absolute atomic E-state index is 5.50. The minimum Gasteiger partial charge on any atom is -0.355 e. The first-order valence-electron chi connectivity index (χ1n) is 6.61. The Bertz CT molecular complexity index is 313. The fourth-order valence-electron chi connectivity index (χ4n) is 1.88. The van der Waals surface area contributed by atoms with Gasteiger partial charge in [-0.25, -0.2) is 5.01 Å². The number of nitrogens with zero attached hydrogens (tertiary/aromatic N) is 4. The Morgan fingerprint density at radius 3 is 2.05 bits per heavy atom. The summed E-state index contributed by atoms with van der Waals surface area (Å²) in [4.78, 5) is 4.02. The molecule has 1 heterocycles. The van der Waals surface area contributed by atoms with Gasteiger partial charge in [-0.05, 0) is 51.4 Å². The largest absolute Gasteiger partial charge is 0.355 e. The molecule has 0 bridgehead atoms. The molecule has 0 spiro atoms. The molecule has 19 heavy (non-hydrogen) atoms. The van der Waals surface area contributed by atoms with E-state index in [2.05, 4.69) is 34.3 Å². The van der Waals surface area contributed by atoms with Crippen LogP contribution < -0.4 is 5.32 Å². The van der Waals surface area contributed by atoms with Gasteiger partial charge in [0, 0.05) is 40.3 Å². The standard InChI is InChI=1S/C12H25N5S2/c1-14(2)9-10-17(16-7-5-6-8-16)12(19)13-11(18)15(3)4/h5-10H2,1-4H3,(H,13,18,19). The summed E-state index contributed by atoms with van der Waals surface area (Å²) in [6.07, 6.45) is 2.47. The Hall–Kier alpha value is -0.500. The minimum atomic E-state index is 0.652. The maximum Gasteiger partial charge on any atom is 0.189 e. The summed E-state index contributed by atoms with van der Waals surface area (Å²) in [5.41, 5.74) is 0. The third-order valence-corrected chi connectivity index (χ3v) is 3.82. The average molecular weight is 304 g/mol. The monoisotopic (exact) mass is 303 g/mol. The number of likely N-dealkylation sites (N-methyl/N-ethyl adjacent to an activating group) is 1. The fraction of sp³-hybridized carbons (Fsp3) is 0.833. The first-order chi connectivity index (χ1) is 8.91. The highest BCUT2D eigenvalue weighted by Crippen LogP contribution is 2.11. The van der Waals surface area contributed by atoms with E-state index in [9.17, 15) is 0 Å². The third kappa shape index (κ3) is 5.56. The van der Waals surface area contributed by atoms with E-state index < -0.39 is 0 Å². The van der Waals surface area contributed by atoms with Crippen LogP contribution in [0.3, 0.4) is 0 Å². The van der Waals surface area contributed by atoms with Crippen molar-refractivity contribution < 1.29 is 0 Å². The Morgan fingerprint density at radius 1 is 1.00 bits per heavy atom. The highest BCUT2D eigenvalue weighted by molar-refractivity contribution is 7.81. The van der Waals surface area contributed by atoms with Crippen LogP contribution >= 0.6 is 24.4 Å². The van der Waals surface area contributed by atoms with Crippen molar-refractivity contribution in [3.63, 3.8) is 0 Å². The van der Waals surface area contributed by atoms with Gasteiger partial charge in [-0.3, -0.25) is 5.01 Å². The Balaban J connectivity index is 2.60. The van der Waals surface area contributed by atoms with Gasteiger partial charge in [0.25, 0.3) is 0 Å². The molecule has 0 saturated carbocycles. The lowest BCUT2D eigenvalue weighted by Gasteiger charge is -2.35. The van der Waals surface area contributed by atoms with E-state index in [-0.39, 0.29) is 0 Å². The molecule has 5 nitrogen and oxygen atoms in total. The van der Waals surface area contributed by atoms with Crippen LogP contribution in [0.15, 0.2) is 0 Å². The van der Waals surface area contributed by atoms with Crippen molar-refractivity contribution in [1.29, 1.82) is 0 Å². The van der Waals surface area contributed by atoms with Gasteiger partial charge < -0.3 is 15.1 Å². The molecule has 1 rings (SSSR count). The lowest BCUT2D eigenvalue weighted by atomic mass is 10.4. The topological polar surface area (TPSA) is 25.0 Å². The van der Waals surface area contributed by atoms with Crippen LogP contribution in [-0.2, 0) is 0 Å². The van der Waals surface area contributed by atoms with Crippen LogP contribution in [0, 0.1) is 0 Å². The zero-order valence-electron chi connectivity index (χ0n) is 12.3. The number of hydrazine groups is 1. The Morgan fingerprint density at radius 2 is 1.58 bits per heavy atom. The predicted octanol–water partition coefficient (Wildman–Crippen LogP) is 0.582. The van der Waals surface area contributed by atoms with E-state index >= 15 is 0 Å². The normalized spacial score (nSPS) is 15.6. The molecular weight excluding hydrogens is 278 g/mol. The van der Waals surface area contributed by atoms with Gasteiger partial charge in [0.1, 0.15) is 0 Å². The highest BCUT2D eigenvalue weighted by atomic mass is 32.1. The second-order valence-corrected chi connectivity index (χ2v) is 5.99. The SMILES string of the molecule is CN(C)CCN(C(=S)NC(=S)N(C)C)N1CCCC1. The lowest BCUT2D eigenvalue weighted by molar-refractivity contribution is 0.0675. The quantitative estimate of drug-likeness (QED) is 0.759. The molecule has 0 aromatic heterocycles. The van der Waals surface area contributed by atoms with Gasteiger partial charge >= 0.3 is 0 Å². The van der Waals surface area contributed by atoms with Gasteiger partial charge in [-0.2, -0.15) is 0 Å². The van der Waals surface area contributed by atoms with Crippen molar-refractivity contribution in [1.82, 2.24) is 25.1 Å². The lowest BCUT2D eigenvalue weighted by Crippen LogP contribution is -2.54. The third-order valence-electron chi connectivity index (χ3n) is 3.04. The Labute approximate surface area is 127 Å². The molecule has 1 saturated heterocycles. The highest BCUT2D eigenvalue weighted by Gasteiger charge is 2.22. The van der Waals surface area contributed by atoms with Crippen molar-refractivity contribution in [3.05, 3.63) is 0 Å². The van der Waals surface area contributed by atoms with Crippen LogP contribution in [0.1, 0.15) is 12.8 Å². The van der Waals surface area contributed by atoms with Crippen molar-refractivity contribution in [2.45, 2.75) is 12.8 Å². The molecular formula is C12H25N5S2. The fourth-order valence-corrected chi connectivity index (χ4v) is 2.34. The zero-order chi connectivity index (χ0) is 14.4. The number of thiocarbonyl (C=S) groups is 2. The van der Waals surface area contributed by atoms with E-state index in [1.54, 1.807) is 0 Å². The van der Waals surface area contributed by atoms with Crippen molar-refractivity contribution >= 4 is 34.7 Å². The number of nitrogens with one attached hydrogen (secondary N) is 1. The van der Waals surface area contributed by atoms with Gasteiger partial charge in [0.05, 0.1) is 0 Å². The first-order valence-corrected chi connectivity index (χ1v) is 7.43. The average Bonchev–Trinajstić information content (AvgIpc) is 2.82. The molecule has 1 aliphatic rings. The summed E-state index contributed by atoms with van der Waals surface area (Å²) in [7, 11) is 7.97. The van der Waals surface area contributed by atoms with Crippen molar-refractivity contribution in [3.8, 4) is 0 Å². The number of rotatable bonds is 4. The molecule has 1 aliphatic heterocycles. The van der Waals surface area contributed by atoms with E-state index in [1.165, 1.54) is 12.8 Å². The number of hydrogen-bond donors (Lipinski definition) is 1. The van der Waals surface area contributed by atoms with Gasteiger partial charge in [-0.15, -0.1) is 0 Å². The molecule has 0 aromatic rings. The van der Waals surface area contributed by atoms with Crippen LogP contribution in [0.2, 0.25) is 0 Å². The summed E-state index contributed by atoms with van der Waals surface area (Å²) in [5, 5.41) is 8.95. The second kappa shape index (κ2) is 7.94. The predicted molar refractivity (Wildman–Crippen MR) is 88.1 cm³/mol. The second-order valence-electron chi connectivity index (χ2n) is 5.22. The zero-order valence-corrected chi connectivity index (χ0v) is 14.0. The molecule has 0 amide bonds. The van der Waals surface area contributed by atoms with Crippen LogP contribution in [0.5, 0.6) is 0 Å². The summed E-state index contributed by atoms with van der Waals surface area (Å²) in [6.45, 7) is 4.00. The molecule has 0 unspecified atom stereocenters. The molecule has 7 heteroatoms. The summed E-state index contributed by atoms with van der Waals surface area (Å²) < 4.78 is 0. The summed E-state index contributed by atoms with van der Waals surface area (Å²) in [6, 6.07) is 0. The van der Waals surface area contributed by atoms with Crippen LogP contribution in [0.25, 0.3) is 0 Å². The molecule has 0 aromatic carbocycles. The van der Waals surface area contributed by atoms with Crippen molar-refractivity contribution in [2.75, 3.05) is 54.4 Å².